The van der Waals surface area contributed by atoms with Gasteiger partial charge in [0.2, 0.25) is 0 Å². The van der Waals surface area contributed by atoms with E-state index in [1.807, 2.05) is 32.0 Å². The van der Waals surface area contributed by atoms with Crippen molar-refractivity contribution in [2.24, 2.45) is 0 Å². The lowest BCUT2D eigenvalue weighted by atomic mass is 10.0. The highest BCUT2D eigenvalue weighted by Crippen LogP contribution is 2.28. The zero-order valence-corrected chi connectivity index (χ0v) is 9.86. The third-order valence-corrected chi connectivity index (χ3v) is 2.62. The molecule has 0 spiro atoms. The molecule has 0 unspecified atom stereocenters. The van der Waals surface area contributed by atoms with Gasteiger partial charge in [0.25, 0.3) is 0 Å². The number of carboxylic acids is 1. The molecule has 2 aromatic carbocycles. The quantitative estimate of drug-likeness (QED) is 0.880. The van der Waals surface area contributed by atoms with Crippen LogP contribution in [0.25, 0.3) is 10.8 Å². The smallest absolute Gasteiger partial charge is 0.335 e. The topological polar surface area (TPSA) is 46.5 Å². The fraction of sp³-hybridized carbons (Fsp3) is 0.214. The van der Waals surface area contributed by atoms with Gasteiger partial charge in [0.1, 0.15) is 5.75 Å². The van der Waals surface area contributed by atoms with Crippen molar-refractivity contribution in [3.63, 3.8) is 0 Å². The van der Waals surface area contributed by atoms with E-state index in [0.717, 1.165) is 16.3 Å². The highest BCUT2D eigenvalue weighted by molar-refractivity contribution is 5.97. The van der Waals surface area contributed by atoms with Gasteiger partial charge in [-0.05, 0) is 31.4 Å². The van der Waals surface area contributed by atoms with Crippen molar-refractivity contribution in [1.29, 1.82) is 0 Å². The largest absolute Gasteiger partial charge is 0.493 e. The second-order valence-electron chi connectivity index (χ2n) is 3.94. The predicted octanol–water partition coefficient (Wildman–Crippen LogP) is 3.25. The van der Waals surface area contributed by atoms with E-state index < -0.39 is 5.97 Å². The van der Waals surface area contributed by atoms with Crippen molar-refractivity contribution in [2.75, 3.05) is 6.61 Å². The average Bonchev–Trinajstić information content (AvgIpc) is 2.28. The van der Waals surface area contributed by atoms with E-state index in [1.165, 1.54) is 0 Å². The van der Waals surface area contributed by atoms with Crippen LogP contribution >= 0.6 is 0 Å². The first-order chi connectivity index (χ1) is 8.11. The number of carbonyl (C=O) groups is 1. The monoisotopic (exact) mass is 230 g/mol. The third kappa shape index (κ3) is 2.23. The molecule has 88 valence electrons. The second kappa shape index (κ2) is 4.45. The van der Waals surface area contributed by atoms with Gasteiger partial charge in [-0.1, -0.05) is 23.8 Å². The Hall–Kier alpha value is -2.03. The van der Waals surface area contributed by atoms with Gasteiger partial charge >= 0.3 is 5.97 Å². The zero-order chi connectivity index (χ0) is 12.4. The predicted molar refractivity (Wildman–Crippen MR) is 66.8 cm³/mol. The lowest BCUT2D eigenvalue weighted by Gasteiger charge is -2.09. The fourth-order valence-electron chi connectivity index (χ4n) is 1.85. The molecule has 0 radical (unpaired) electrons. The average molecular weight is 230 g/mol. The second-order valence-corrected chi connectivity index (χ2v) is 3.94. The summed E-state index contributed by atoms with van der Waals surface area (Å²) in [7, 11) is 0. The number of aromatic carboxylic acids is 1. The third-order valence-electron chi connectivity index (χ3n) is 2.62. The molecule has 0 saturated heterocycles. The van der Waals surface area contributed by atoms with Gasteiger partial charge in [-0.25, -0.2) is 4.79 Å². The molecule has 3 heteroatoms. The highest BCUT2D eigenvalue weighted by atomic mass is 16.5. The molecule has 0 heterocycles. The number of fused-ring (bicyclic) bond motifs is 1. The summed E-state index contributed by atoms with van der Waals surface area (Å²) in [6.45, 7) is 4.38. The number of carboxylic acid groups (broad SMARTS) is 1. The SMILES string of the molecule is CCOc1cc(C(=O)O)cc2cc(C)ccc12. The number of benzene rings is 2. The molecule has 0 aliphatic rings. The van der Waals surface area contributed by atoms with Gasteiger partial charge in [-0.3, -0.25) is 0 Å². The molecule has 0 fully saturated rings. The number of ether oxygens (including phenoxy) is 1. The number of aryl methyl sites for hydroxylation is 1. The zero-order valence-electron chi connectivity index (χ0n) is 9.86. The molecule has 0 aliphatic heterocycles. The molecule has 2 rings (SSSR count). The molecule has 2 aromatic rings. The van der Waals surface area contributed by atoms with Crippen molar-refractivity contribution < 1.29 is 14.6 Å². The van der Waals surface area contributed by atoms with Crippen molar-refractivity contribution in [2.45, 2.75) is 13.8 Å². The first kappa shape index (κ1) is 11.5. The van der Waals surface area contributed by atoms with E-state index in [2.05, 4.69) is 0 Å². The summed E-state index contributed by atoms with van der Waals surface area (Å²) in [5.74, 6) is -0.309. The van der Waals surface area contributed by atoms with Crippen LogP contribution in [0.3, 0.4) is 0 Å². The van der Waals surface area contributed by atoms with Gasteiger partial charge in [-0.15, -0.1) is 0 Å². The van der Waals surface area contributed by atoms with Crippen molar-refractivity contribution in [3.8, 4) is 5.75 Å². The minimum Gasteiger partial charge on any atom is -0.493 e. The Morgan fingerprint density at radius 3 is 2.71 bits per heavy atom. The molecule has 0 atom stereocenters. The summed E-state index contributed by atoms with van der Waals surface area (Å²) in [4.78, 5) is 11.0. The summed E-state index contributed by atoms with van der Waals surface area (Å²) in [6, 6.07) is 9.16. The standard InChI is InChI=1S/C14H14O3/c1-3-17-13-8-11(14(15)16)7-10-6-9(2)4-5-12(10)13/h4-8H,3H2,1-2H3,(H,15,16). The molecule has 3 nitrogen and oxygen atoms in total. The Morgan fingerprint density at radius 2 is 2.06 bits per heavy atom. The van der Waals surface area contributed by atoms with E-state index in [-0.39, 0.29) is 5.56 Å². The van der Waals surface area contributed by atoms with Crippen molar-refractivity contribution in [3.05, 3.63) is 41.5 Å². The van der Waals surface area contributed by atoms with Gasteiger partial charge in [0.15, 0.2) is 0 Å². The van der Waals surface area contributed by atoms with Gasteiger partial charge < -0.3 is 9.84 Å². The summed E-state index contributed by atoms with van der Waals surface area (Å²) in [6.07, 6.45) is 0. The van der Waals surface area contributed by atoms with E-state index in [9.17, 15) is 4.79 Å². The summed E-state index contributed by atoms with van der Waals surface area (Å²) in [5, 5.41) is 10.9. The molecular formula is C14H14O3. The molecule has 0 amide bonds. The van der Waals surface area contributed by atoms with Crippen molar-refractivity contribution >= 4 is 16.7 Å². The molecular weight excluding hydrogens is 216 g/mol. The lowest BCUT2D eigenvalue weighted by Crippen LogP contribution is -1.99. The first-order valence-corrected chi connectivity index (χ1v) is 5.52. The number of hydrogen-bond donors (Lipinski definition) is 1. The van der Waals surface area contributed by atoms with Crippen LogP contribution in [0.2, 0.25) is 0 Å². The van der Waals surface area contributed by atoms with Crippen LogP contribution < -0.4 is 4.74 Å². The molecule has 0 saturated carbocycles. The van der Waals surface area contributed by atoms with Crippen LogP contribution in [0, 0.1) is 6.92 Å². The normalized spacial score (nSPS) is 10.5. The Morgan fingerprint density at radius 1 is 1.29 bits per heavy atom. The molecule has 0 bridgehead atoms. The van der Waals surface area contributed by atoms with E-state index in [0.29, 0.717) is 12.4 Å². The minimum atomic E-state index is -0.936. The van der Waals surface area contributed by atoms with Crippen LogP contribution in [-0.2, 0) is 0 Å². The van der Waals surface area contributed by atoms with Crippen LogP contribution in [0.5, 0.6) is 5.75 Å². The van der Waals surface area contributed by atoms with Gasteiger partial charge in [0, 0.05) is 5.39 Å². The Labute approximate surface area is 99.6 Å². The van der Waals surface area contributed by atoms with Crippen LogP contribution in [-0.4, -0.2) is 17.7 Å². The summed E-state index contributed by atoms with van der Waals surface area (Å²) in [5.41, 5.74) is 1.36. The maximum Gasteiger partial charge on any atom is 0.335 e. The molecule has 1 N–H and O–H groups in total. The maximum absolute atomic E-state index is 11.0. The van der Waals surface area contributed by atoms with E-state index in [1.54, 1.807) is 12.1 Å². The van der Waals surface area contributed by atoms with Gasteiger partial charge in [-0.2, -0.15) is 0 Å². The molecule has 0 aliphatic carbocycles. The number of rotatable bonds is 3. The molecule has 17 heavy (non-hydrogen) atoms. The number of hydrogen-bond acceptors (Lipinski definition) is 2. The van der Waals surface area contributed by atoms with E-state index in [4.69, 9.17) is 9.84 Å². The van der Waals surface area contributed by atoms with Crippen molar-refractivity contribution in [1.82, 2.24) is 0 Å². The van der Waals surface area contributed by atoms with Gasteiger partial charge in [0.05, 0.1) is 12.2 Å². The van der Waals surface area contributed by atoms with Crippen LogP contribution in [0.1, 0.15) is 22.8 Å². The van der Waals surface area contributed by atoms with E-state index >= 15 is 0 Å². The summed E-state index contributed by atoms with van der Waals surface area (Å²) < 4.78 is 5.49. The summed E-state index contributed by atoms with van der Waals surface area (Å²) >= 11 is 0. The fourth-order valence-corrected chi connectivity index (χ4v) is 1.85. The first-order valence-electron chi connectivity index (χ1n) is 5.52. The Bertz CT molecular complexity index is 573. The highest BCUT2D eigenvalue weighted by Gasteiger charge is 2.09. The Kier molecular flexibility index (Phi) is 3.00. The minimum absolute atomic E-state index is 0.256. The van der Waals surface area contributed by atoms with Crippen LogP contribution in [0.4, 0.5) is 0 Å². The lowest BCUT2D eigenvalue weighted by molar-refractivity contribution is 0.0696. The van der Waals surface area contributed by atoms with Crippen LogP contribution in [0.15, 0.2) is 30.3 Å². The maximum atomic E-state index is 11.0. The molecule has 0 aromatic heterocycles. The Balaban J connectivity index is 2.71.